The van der Waals surface area contributed by atoms with E-state index in [0.717, 1.165) is 17.3 Å². The third-order valence-electron chi connectivity index (χ3n) is 4.14. The van der Waals surface area contributed by atoms with Crippen molar-refractivity contribution < 1.29 is 14.1 Å². The van der Waals surface area contributed by atoms with Gasteiger partial charge in [0.05, 0.1) is 16.9 Å². The number of carbonyl (C=O) groups excluding carboxylic acids is 1. The van der Waals surface area contributed by atoms with E-state index < -0.39 is 7.12 Å². The fourth-order valence-corrected chi connectivity index (χ4v) is 2.20. The zero-order chi connectivity index (χ0) is 15.7. The van der Waals surface area contributed by atoms with E-state index >= 15 is 0 Å². The number of nitrogens with one attached hydrogen (secondary N) is 2. The molecule has 0 aliphatic carbocycles. The molecule has 0 atom stereocenters. The van der Waals surface area contributed by atoms with E-state index in [-0.39, 0.29) is 11.2 Å². The minimum Gasteiger partial charge on any atom is -0.400 e. The first-order valence-corrected chi connectivity index (χ1v) is 7.13. The van der Waals surface area contributed by atoms with Crippen LogP contribution in [-0.2, 0) is 9.31 Å². The molecule has 1 fully saturated rings. The van der Waals surface area contributed by atoms with Gasteiger partial charge in [0.15, 0.2) is 6.29 Å². The Balaban J connectivity index is 2.26. The summed E-state index contributed by atoms with van der Waals surface area (Å²) in [5.41, 5.74) is 1.75. The summed E-state index contributed by atoms with van der Waals surface area (Å²) in [5.74, 6) is 0. The van der Waals surface area contributed by atoms with Crippen LogP contribution in [0.25, 0.3) is 6.08 Å². The quantitative estimate of drug-likeness (QED) is 0.643. The Morgan fingerprint density at radius 2 is 1.95 bits per heavy atom. The van der Waals surface area contributed by atoms with E-state index in [1.165, 1.54) is 0 Å². The molecule has 5 nitrogen and oxygen atoms in total. The second kappa shape index (κ2) is 5.79. The van der Waals surface area contributed by atoms with E-state index in [2.05, 4.69) is 10.3 Å². The molecule has 1 saturated heterocycles. The molecule has 114 valence electrons. The summed E-state index contributed by atoms with van der Waals surface area (Å²) in [4.78, 5) is 13.7. The van der Waals surface area contributed by atoms with Gasteiger partial charge in [0.25, 0.3) is 0 Å². The second-order valence-electron chi connectivity index (χ2n) is 6.34. The number of aldehydes is 1. The van der Waals surface area contributed by atoms with Gasteiger partial charge in [-0.1, -0.05) is 6.08 Å². The van der Waals surface area contributed by atoms with Crippen LogP contribution in [0.5, 0.6) is 0 Å². The molecule has 0 aromatic carbocycles. The van der Waals surface area contributed by atoms with Gasteiger partial charge in [-0.25, -0.2) is 0 Å². The number of hydrogen-bond acceptors (Lipinski definition) is 4. The van der Waals surface area contributed by atoms with Crippen molar-refractivity contribution in [3.63, 3.8) is 0 Å². The molecule has 0 amide bonds. The van der Waals surface area contributed by atoms with Crippen molar-refractivity contribution >= 4 is 19.5 Å². The minimum absolute atomic E-state index is 0.364. The molecule has 6 heteroatoms. The Morgan fingerprint density at radius 3 is 2.43 bits per heavy atom. The van der Waals surface area contributed by atoms with Gasteiger partial charge in [-0.2, -0.15) is 0 Å². The van der Waals surface area contributed by atoms with E-state index in [1.807, 2.05) is 40.8 Å². The van der Waals surface area contributed by atoms with Crippen molar-refractivity contribution in [3.8, 4) is 0 Å². The molecule has 0 saturated carbocycles. The zero-order valence-corrected chi connectivity index (χ0v) is 13.3. The van der Waals surface area contributed by atoms with Crippen LogP contribution in [0.4, 0.5) is 0 Å². The van der Waals surface area contributed by atoms with E-state index in [4.69, 9.17) is 9.31 Å². The van der Waals surface area contributed by atoms with Crippen LogP contribution >= 0.6 is 0 Å². The van der Waals surface area contributed by atoms with E-state index in [9.17, 15) is 4.79 Å². The lowest BCUT2D eigenvalue weighted by atomic mass is 9.77. The molecule has 21 heavy (non-hydrogen) atoms. The summed E-state index contributed by atoms with van der Waals surface area (Å²) < 4.78 is 12.1. The predicted octanol–water partition coefficient (Wildman–Crippen LogP) is 2.06. The fraction of sp³-hybridized carbons (Fsp3) is 0.533. The Hall–Kier alpha value is -1.37. The molecule has 1 aliphatic heterocycles. The van der Waals surface area contributed by atoms with Crippen molar-refractivity contribution in [2.75, 3.05) is 13.6 Å². The number of H-pyrrole nitrogens is 1. The molecule has 0 bridgehead atoms. The summed E-state index contributed by atoms with van der Waals surface area (Å²) >= 11 is 0. The van der Waals surface area contributed by atoms with Crippen molar-refractivity contribution in [2.24, 2.45) is 0 Å². The normalized spacial score (nSPS) is 20.8. The SMILES string of the molecule is CNCC(=Cc1c[nH]c(C=O)c1)B1OC(C)(C)C(C)(C)O1. The maximum absolute atomic E-state index is 10.7. The van der Waals surface area contributed by atoms with Crippen LogP contribution in [0.15, 0.2) is 17.7 Å². The molecule has 0 spiro atoms. The van der Waals surface area contributed by atoms with Crippen LogP contribution in [0.3, 0.4) is 0 Å². The second-order valence-corrected chi connectivity index (χ2v) is 6.34. The lowest BCUT2D eigenvalue weighted by Gasteiger charge is -2.32. The highest BCUT2D eigenvalue weighted by molar-refractivity contribution is 6.55. The highest BCUT2D eigenvalue weighted by Crippen LogP contribution is 2.38. The summed E-state index contributed by atoms with van der Waals surface area (Å²) in [6, 6.07) is 1.80. The molecule has 2 rings (SSSR count). The molecule has 2 N–H and O–H groups in total. The lowest BCUT2D eigenvalue weighted by molar-refractivity contribution is 0.00578. The van der Waals surface area contributed by atoms with Crippen molar-refractivity contribution in [1.29, 1.82) is 0 Å². The summed E-state index contributed by atoms with van der Waals surface area (Å²) in [5, 5.41) is 3.13. The number of likely N-dealkylation sites (N-methyl/N-ethyl adjacent to an activating group) is 1. The number of aromatic nitrogens is 1. The molecule has 0 unspecified atom stereocenters. The van der Waals surface area contributed by atoms with E-state index in [1.54, 1.807) is 12.3 Å². The Morgan fingerprint density at radius 1 is 1.33 bits per heavy atom. The average molecular weight is 290 g/mol. The maximum atomic E-state index is 10.7. The van der Waals surface area contributed by atoms with E-state index in [0.29, 0.717) is 12.2 Å². The Labute approximate surface area is 126 Å². The Kier molecular flexibility index (Phi) is 4.42. The lowest BCUT2D eigenvalue weighted by Crippen LogP contribution is -2.41. The molecule has 0 radical (unpaired) electrons. The first-order chi connectivity index (χ1) is 9.79. The van der Waals surface area contributed by atoms with Gasteiger partial charge in [0.2, 0.25) is 0 Å². The predicted molar refractivity (Wildman–Crippen MR) is 84.2 cm³/mol. The standard InChI is InChI=1S/C15H23BN2O3/c1-14(2)15(3,4)21-16(20-14)12(9-17-5)6-11-7-13(10-19)18-8-11/h6-8,10,17-18H,9H2,1-5H3. The highest BCUT2D eigenvalue weighted by Gasteiger charge is 2.52. The number of aromatic amines is 1. The van der Waals surface area contributed by atoms with Gasteiger partial charge in [-0.15, -0.1) is 0 Å². The number of hydrogen-bond donors (Lipinski definition) is 2. The van der Waals surface area contributed by atoms with Crippen molar-refractivity contribution in [2.45, 2.75) is 38.9 Å². The third kappa shape index (κ3) is 3.28. The number of rotatable bonds is 5. The van der Waals surface area contributed by atoms with Crippen molar-refractivity contribution in [1.82, 2.24) is 10.3 Å². The molecule has 1 aromatic heterocycles. The van der Waals surface area contributed by atoms with Crippen LogP contribution < -0.4 is 5.32 Å². The number of carbonyl (C=O) groups is 1. The van der Waals surface area contributed by atoms with Gasteiger partial charge >= 0.3 is 7.12 Å². The van der Waals surface area contributed by atoms with Crippen LogP contribution in [-0.4, -0.2) is 43.2 Å². The Bertz CT molecular complexity index is 533. The molecule has 1 aromatic rings. The minimum atomic E-state index is -0.392. The maximum Gasteiger partial charge on any atom is 0.491 e. The topological polar surface area (TPSA) is 63.4 Å². The van der Waals surface area contributed by atoms with Crippen LogP contribution in [0, 0.1) is 0 Å². The van der Waals surface area contributed by atoms with Gasteiger partial charge in [0, 0.05) is 12.7 Å². The van der Waals surface area contributed by atoms with Gasteiger partial charge in [0.1, 0.15) is 0 Å². The highest BCUT2D eigenvalue weighted by atomic mass is 16.7. The van der Waals surface area contributed by atoms with Crippen LogP contribution in [0.1, 0.15) is 43.7 Å². The molecular formula is C15H23BN2O3. The summed E-state index contributed by atoms with van der Waals surface area (Å²) in [6.07, 6.45) is 4.58. The smallest absolute Gasteiger partial charge is 0.400 e. The molecule has 1 aliphatic rings. The van der Waals surface area contributed by atoms with Gasteiger partial charge < -0.3 is 19.6 Å². The largest absolute Gasteiger partial charge is 0.491 e. The average Bonchev–Trinajstić information content (AvgIpc) is 2.92. The monoisotopic (exact) mass is 290 g/mol. The third-order valence-corrected chi connectivity index (χ3v) is 4.14. The zero-order valence-electron chi connectivity index (χ0n) is 13.3. The van der Waals surface area contributed by atoms with Gasteiger partial charge in [-0.05, 0) is 51.8 Å². The summed E-state index contributed by atoms with van der Waals surface area (Å²) in [6.45, 7) is 8.78. The first kappa shape index (κ1) is 16.0. The first-order valence-electron chi connectivity index (χ1n) is 7.13. The molecular weight excluding hydrogens is 267 g/mol. The van der Waals surface area contributed by atoms with Crippen molar-refractivity contribution in [3.05, 3.63) is 29.0 Å². The fourth-order valence-electron chi connectivity index (χ4n) is 2.20. The van der Waals surface area contributed by atoms with Gasteiger partial charge in [-0.3, -0.25) is 4.79 Å². The molecule has 2 heterocycles. The summed E-state index contributed by atoms with van der Waals surface area (Å²) in [7, 11) is 1.49. The van der Waals surface area contributed by atoms with Crippen LogP contribution in [0.2, 0.25) is 0 Å².